The van der Waals surface area contributed by atoms with Gasteiger partial charge >= 0.3 is 6.18 Å². The van der Waals surface area contributed by atoms with Crippen LogP contribution in [-0.2, 0) is 17.5 Å². The number of carbonyl (C=O) groups excluding carboxylic acids is 1. The van der Waals surface area contributed by atoms with E-state index < -0.39 is 11.7 Å². The minimum absolute atomic E-state index is 0.0193. The molecule has 0 bridgehead atoms. The van der Waals surface area contributed by atoms with Crippen molar-refractivity contribution in [3.05, 3.63) is 29.3 Å². The van der Waals surface area contributed by atoms with Gasteiger partial charge in [-0.05, 0) is 30.3 Å². The molecule has 0 aromatic heterocycles. The fourth-order valence-corrected chi connectivity index (χ4v) is 2.86. The summed E-state index contributed by atoms with van der Waals surface area (Å²) < 4.78 is 38.7. The van der Waals surface area contributed by atoms with E-state index >= 15 is 0 Å². The highest BCUT2D eigenvalue weighted by Gasteiger charge is 2.31. The zero-order valence-corrected chi connectivity index (χ0v) is 14.4. The van der Waals surface area contributed by atoms with Crippen LogP contribution in [0, 0.1) is 0 Å². The monoisotopic (exact) mass is 358 g/mol. The number of rotatable bonds is 6. The van der Waals surface area contributed by atoms with E-state index in [1.165, 1.54) is 6.07 Å². The Morgan fingerprint density at radius 1 is 1.16 bits per heavy atom. The van der Waals surface area contributed by atoms with Gasteiger partial charge in [0.05, 0.1) is 5.56 Å². The van der Waals surface area contributed by atoms with Crippen molar-refractivity contribution >= 4 is 11.6 Å². The number of carbonyl (C=O) groups is 1. The highest BCUT2D eigenvalue weighted by molar-refractivity contribution is 5.91. The van der Waals surface area contributed by atoms with Gasteiger partial charge < -0.3 is 20.9 Å². The van der Waals surface area contributed by atoms with E-state index in [1.54, 1.807) is 0 Å². The van der Waals surface area contributed by atoms with Gasteiger partial charge in [-0.1, -0.05) is 6.92 Å². The number of hydrogen-bond acceptors (Lipinski definition) is 4. The summed E-state index contributed by atoms with van der Waals surface area (Å²) in [5, 5.41) is 2.56. The van der Waals surface area contributed by atoms with E-state index in [2.05, 4.69) is 22.0 Å². The highest BCUT2D eigenvalue weighted by atomic mass is 19.4. The lowest BCUT2D eigenvalue weighted by molar-refractivity contribution is -0.137. The van der Waals surface area contributed by atoms with Gasteiger partial charge in [0.2, 0.25) is 5.91 Å². The maximum atomic E-state index is 12.9. The number of nitrogens with one attached hydrogen (secondary N) is 1. The van der Waals surface area contributed by atoms with Crippen molar-refractivity contribution in [1.82, 2.24) is 9.80 Å². The molecule has 25 heavy (non-hydrogen) atoms. The highest BCUT2D eigenvalue weighted by Crippen LogP contribution is 2.32. The molecule has 0 atom stereocenters. The van der Waals surface area contributed by atoms with Gasteiger partial charge in [-0.25, -0.2) is 0 Å². The topological polar surface area (TPSA) is 61.6 Å². The second kappa shape index (κ2) is 8.64. The quantitative estimate of drug-likeness (QED) is 0.818. The van der Waals surface area contributed by atoms with Crippen LogP contribution in [0.5, 0.6) is 0 Å². The number of alkyl halides is 3. The molecule has 1 aliphatic heterocycles. The average molecular weight is 358 g/mol. The van der Waals surface area contributed by atoms with Crippen LogP contribution in [0.2, 0.25) is 0 Å². The molecule has 1 fully saturated rings. The third kappa shape index (κ3) is 5.98. The van der Waals surface area contributed by atoms with E-state index in [4.69, 9.17) is 5.73 Å². The van der Waals surface area contributed by atoms with Gasteiger partial charge in [0, 0.05) is 51.4 Å². The lowest BCUT2D eigenvalue weighted by atomic mass is 10.1. The Hall–Kier alpha value is -1.64. The minimum atomic E-state index is -4.47. The smallest absolute Gasteiger partial charge is 0.326 e. The Morgan fingerprint density at radius 2 is 1.80 bits per heavy atom. The predicted octanol–water partition coefficient (Wildman–Crippen LogP) is 2.13. The first-order valence-electron chi connectivity index (χ1n) is 8.47. The molecule has 1 saturated heterocycles. The third-order valence-electron chi connectivity index (χ3n) is 4.41. The number of anilines is 1. The normalized spacial score (nSPS) is 16.8. The summed E-state index contributed by atoms with van der Waals surface area (Å²) in [5.41, 5.74) is 5.11. The number of likely N-dealkylation sites (N-methyl/N-ethyl adjacent to an activating group) is 1. The van der Waals surface area contributed by atoms with Crippen molar-refractivity contribution in [2.75, 3.05) is 44.6 Å². The Bertz CT molecular complexity index is 584. The summed E-state index contributed by atoms with van der Waals surface area (Å²) in [6, 6.07) is 3.42. The number of benzene rings is 1. The maximum Gasteiger partial charge on any atom is 0.416 e. The van der Waals surface area contributed by atoms with Crippen molar-refractivity contribution in [1.29, 1.82) is 0 Å². The second-order valence-corrected chi connectivity index (χ2v) is 6.19. The van der Waals surface area contributed by atoms with Crippen LogP contribution in [0.15, 0.2) is 18.2 Å². The Labute approximate surface area is 146 Å². The van der Waals surface area contributed by atoms with Gasteiger partial charge in [0.25, 0.3) is 0 Å². The molecule has 1 aromatic rings. The average Bonchev–Trinajstić information content (AvgIpc) is 2.59. The number of amides is 1. The zero-order valence-electron chi connectivity index (χ0n) is 14.4. The third-order valence-corrected chi connectivity index (χ3v) is 4.41. The van der Waals surface area contributed by atoms with Crippen molar-refractivity contribution in [2.24, 2.45) is 5.73 Å². The van der Waals surface area contributed by atoms with Crippen LogP contribution < -0.4 is 11.1 Å². The Morgan fingerprint density at radius 3 is 2.36 bits per heavy atom. The molecule has 1 aliphatic rings. The molecule has 0 spiro atoms. The summed E-state index contributed by atoms with van der Waals surface area (Å²) in [6.45, 7) is 7.49. The standard InChI is InChI=1S/C17H25F3N4O/c1-2-23-5-7-24(8-6-23)4-3-16(25)22-15-10-13(12-21)9-14(11-15)17(18,19)20/h9-11H,2-8,12,21H2,1H3,(H,22,25). The Balaban J connectivity index is 1.90. The molecule has 0 unspecified atom stereocenters. The lowest BCUT2D eigenvalue weighted by Gasteiger charge is -2.33. The summed E-state index contributed by atoms with van der Waals surface area (Å²) >= 11 is 0. The van der Waals surface area contributed by atoms with E-state index in [1.807, 2.05) is 0 Å². The molecule has 0 saturated carbocycles. The van der Waals surface area contributed by atoms with E-state index in [0.29, 0.717) is 12.1 Å². The molecule has 0 radical (unpaired) electrons. The largest absolute Gasteiger partial charge is 0.416 e. The number of nitrogens with zero attached hydrogens (tertiary/aromatic N) is 2. The number of piperazine rings is 1. The number of halogens is 3. The van der Waals surface area contributed by atoms with Crippen molar-refractivity contribution < 1.29 is 18.0 Å². The first kappa shape index (κ1) is 19.7. The summed E-state index contributed by atoms with van der Waals surface area (Å²) in [4.78, 5) is 16.6. The summed E-state index contributed by atoms with van der Waals surface area (Å²) in [7, 11) is 0. The lowest BCUT2D eigenvalue weighted by Crippen LogP contribution is -2.46. The molecular formula is C17H25F3N4O. The minimum Gasteiger partial charge on any atom is -0.326 e. The SMILES string of the molecule is CCN1CCN(CCC(=O)Nc2cc(CN)cc(C(F)(F)F)c2)CC1. The Kier molecular flexibility index (Phi) is 6.80. The number of nitrogens with two attached hydrogens (primary N) is 1. The zero-order chi connectivity index (χ0) is 18.4. The van der Waals surface area contributed by atoms with Crippen LogP contribution >= 0.6 is 0 Å². The van der Waals surface area contributed by atoms with E-state index in [9.17, 15) is 18.0 Å². The molecule has 3 N–H and O–H groups in total. The van der Waals surface area contributed by atoms with Crippen molar-refractivity contribution in [3.8, 4) is 0 Å². The van der Waals surface area contributed by atoms with Crippen LogP contribution in [0.25, 0.3) is 0 Å². The second-order valence-electron chi connectivity index (χ2n) is 6.19. The fraction of sp³-hybridized carbons (Fsp3) is 0.588. The molecule has 140 valence electrons. The van der Waals surface area contributed by atoms with Crippen LogP contribution in [-0.4, -0.2) is 55.0 Å². The van der Waals surface area contributed by atoms with E-state index in [-0.39, 0.29) is 24.6 Å². The molecule has 5 nitrogen and oxygen atoms in total. The summed E-state index contributed by atoms with van der Waals surface area (Å²) in [6.07, 6.45) is -4.22. The fourth-order valence-electron chi connectivity index (χ4n) is 2.86. The molecule has 2 rings (SSSR count). The van der Waals surface area contributed by atoms with Crippen LogP contribution in [0.1, 0.15) is 24.5 Å². The van der Waals surface area contributed by atoms with Gasteiger partial charge in [-0.3, -0.25) is 4.79 Å². The first-order chi connectivity index (χ1) is 11.8. The van der Waals surface area contributed by atoms with Crippen molar-refractivity contribution in [2.45, 2.75) is 26.1 Å². The van der Waals surface area contributed by atoms with E-state index in [0.717, 1.165) is 44.9 Å². The summed E-state index contributed by atoms with van der Waals surface area (Å²) in [5.74, 6) is -0.291. The van der Waals surface area contributed by atoms with Gasteiger partial charge in [0.1, 0.15) is 0 Å². The van der Waals surface area contributed by atoms with Gasteiger partial charge in [0.15, 0.2) is 0 Å². The van der Waals surface area contributed by atoms with Crippen LogP contribution in [0.4, 0.5) is 18.9 Å². The maximum absolute atomic E-state index is 12.9. The molecule has 1 heterocycles. The molecule has 1 aromatic carbocycles. The predicted molar refractivity (Wildman–Crippen MR) is 91.1 cm³/mol. The number of hydrogen-bond donors (Lipinski definition) is 2. The van der Waals surface area contributed by atoms with Gasteiger partial charge in [-0.15, -0.1) is 0 Å². The van der Waals surface area contributed by atoms with Gasteiger partial charge in [-0.2, -0.15) is 13.2 Å². The van der Waals surface area contributed by atoms with Crippen molar-refractivity contribution in [3.63, 3.8) is 0 Å². The van der Waals surface area contributed by atoms with Crippen LogP contribution in [0.3, 0.4) is 0 Å². The molecule has 8 heteroatoms. The first-order valence-corrected chi connectivity index (χ1v) is 8.47. The molecular weight excluding hydrogens is 333 g/mol. The molecule has 0 aliphatic carbocycles. The molecule has 1 amide bonds.